The van der Waals surface area contributed by atoms with Crippen molar-refractivity contribution < 1.29 is 13.9 Å². The predicted octanol–water partition coefficient (Wildman–Crippen LogP) is 2.78. The number of hydrogen-bond acceptors (Lipinski definition) is 3. The standard InChI is InChI=1S/C16H24FNO2/c1-3-18-14(12-7-9-20-10-8-12)11-13-5-4-6-15(19-2)16(13)17/h4-6,12,14,18H,3,7-11H2,1-2H3. The number of ether oxygens (including phenoxy) is 2. The average Bonchev–Trinajstić information content (AvgIpc) is 2.49. The van der Waals surface area contributed by atoms with Crippen LogP contribution in [0.4, 0.5) is 4.39 Å². The third kappa shape index (κ3) is 3.70. The fourth-order valence-corrected chi connectivity index (χ4v) is 2.89. The monoisotopic (exact) mass is 281 g/mol. The lowest BCUT2D eigenvalue weighted by Gasteiger charge is -2.31. The lowest BCUT2D eigenvalue weighted by atomic mass is 9.87. The van der Waals surface area contributed by atoms with Gasteiger partial charge in [0, 0.05) is 19.3 Å². The summed E-state index contributed by atoms with van der Waals surface area (Å²) in [5.41, 5.74) is 0.724. The van der Waals surface area contributed by atoms with Crippen LogP contribution in [-0.2, 0) is 11.2 Å². The molecule has 2 rings (SSSR count). The van der Waals surface area contributed by atoms with E-state index in [1.165, 1.54) is 7.11 Å². The molecule has 0 radical (unpaired) electrons. The van der Waals surface area contributed by atoms with Crippen LogP contribution in [0.25, 0.3) is 0 Å². The van der Waals surface area contributed by atoms with Crippen molar-refractivity contribution in [1.29, 1.82) is 0 Å². The Bertz CT molecular complexity index is 419. The number of benzene rings is 1. The van der Waals surface area contributed by atoms with Crippen molar-refractivity contribution in [3.8, 4) is 5.75 Å². The topological polar surface area (TPSA) is 30.5 Å². The molecule has 1 saturated heterocycles. The number of hydrogen-bond donors (Lipinski definition) is 1. The molecule has 0 aliphatic carbocycles. The Morgan fingerprint density at radius 3 is 2.80 bits per heavy atom. The van der Waals surface area contributed by atoms with E-state index in [1.807, 2.05) is 12.1 Å². The van der Waals surface area contributed by atoms with Crippen molar-refractivity contribution in [1.82, 2.24) is 5.32 Å². The van der Waals surface area contributed by atoms with Crippen LogP contribution in [0.2, 0.25) is 0 Å². The number of halogens is 1. The van der Waals surface area contributed by atoms with E-state index in [-0.39, 0.29) is 5.82 Å². The summed E-state index contributed by atoms with van der Waals surface area (Å²) in [4.78, 5) is 0. The fraction of sp³-hybridized carbons (Fsp3) is 0.625. The van der Waals surface area contributed by atoms with E-state index in [0.717, 1.165) is 38.2 Å². The van der Waals surface area contributed by atoms with Crippen molar-refractivity contribution in [2.75, 3.05) is 26.9 Å². The summed E-state index contributed by atoms with van der Waals surface area (Å²) in [6, 6.07) is 5.66. The molecule has 1 aromatic carbocycles. The number of methoxy groups -OCH3 is 1. The Morgan fingerprint density at radius 2 is 2.15 bits per heavy atom. The van der Waals surface area contributed by atoms with Gasteiger partial charge in [-0.15, -0.1) is 0 Å². The normalized spacial score (nSPS) is 17.9. The molecule has 1 aliphatic heterocycles. The molecule has 3 nitrogen and oxygen atoms in total. The average molecular weight is 281 g/mol. The lowest BCUT2D eigenvalue weighted by molar-refractivity contribution is 0.0538. The molecule has 4 heteroatoms. The van der Waals surface area contributed by atoms with Crippen LogP contribution in [0, 0.1) is 11.7 Å². The van der Waals surface area contributed by atoms with Crippen molar-refractivity contribution >= 4 is 0 Å². The van der Waals surface area contributed by atoms with Crippen molar-refractivity contribution in [3.63, 3.8) is 0 Å². The first kappa shape index (κ1) is 15.3. The summed E-state index contributed by atoms with van der Waals surface area (Å²) >= 11 is 0. The van der Waals surface area contributed by atoms with Crippen molar-refractivity contribution in [2.45, 2.75) is 32.2 Å². The van der Waals surface area contributed by atoms with Gasteiger partial charge < -0.3 is 14.8 Å². The SMILES string of the molecule is CCNC(Cc1cccc(OC)c1F)C1CCOCC1. The van der Waals surface area contributed by atoms with E-state index in [0.29, 0.717) is 24.1 Å². The highest BCUT2D eigenvalue weighted by atomic mass is 19.1. The van der Waals surface area contributed by atoms with E-state index in [4.69, 9.17) is 9.47 Å². The Balaban J connectivity index is 2.10. The summed E-state index contributed by atoms with van der Waals surface area (Å²) in [5.74, 6) is 0.643. The molecule has 0 amide bonds. The predicted molar refractivity (Wildman–Crippen MR) is 77.7 cm³/mol. The zero-order valence-corrected chi connectivity index (χ0v) is 12.3. The molecular formula is C16H24FNO2. The first-order chi connectivity index (χ1) is 9.76. The highest BCUT2D eigenvalue weighted by Gasteiger charge is 2.24. The molecule has 1 N–H and O–H groups in total. The number of likely N-dealkylation sites (N-methyl/N-ethyl adjacent to an activating group) is 1. The van der Waals surface area contributed by atoms with Gasteiger partial charge in [-0.1, -0.05) is 19.1 Å². The van der Waals surface area contributed by atoms with Crippen LogP contribution in [0.1, 0.15) is 25.3 Å². The molecule has 1 aliphatic rings. The van der Waals surface area contributed by atoms with Gasteiger partial charge in [0.25, 0.3) is 0 Å². The fourth-order valence-electron chi connectivity index (χ4n) is 2.89. The second-order valence-corrected chi connectivity index (χ2v) is 5.25. The van der Waals surface area contributed by atoms with Crippen molar-refractivity contribution in [2.24, 2.45) is 5.92 Å². The maximum Gasteiger partial charge on any atom is 0.168 e. The summed E-state index contributed by atoms with van der Waals surface area (Å²) in [7, 11) is 1.50. The Kier molecular flexibility index (Phi) is 5.80. The molecule has 0 saturated carbocycles. The maximum atomic E-state index is 14.3. The summed E-state index contributed by atoms with van der Waals surface area (Å²) < 4.78 is 24.7. The molecule has 1 fully saturated rings. The molecule has 112 valence electrons. The Morgan fingerprint density at radius 1 is 1.40 bits per heavy atom. The molecule has 0 bridgehead atoms. The van der Waals surface area contributed by atoms with Gasteiger partial charge in [0.2, 0.25) is 0 Å². The zero-order valence-electron chi connectivity index (χ0n) is 12.3. The van der Waals surface area contributed by atoms with Crippen LogP contribution >= 0.6 is 0 Å². The van der Waals surface area contributed by atoms with Crippen LogP contribution in [0.3, 0.4) is 0 Å². The molecule has 20 heavy (non-hydrogen) atoms. The zero-order chi connectivity index (χ0) is 14.4. The number of nitrogens with one attached hydrogen (secondary N) is 1. The van der Waals surface area contributed by atoms with Gasteiger partial charge in [0.1, 0.15) is 0 Å². The van der Waals surface area contributed by atoms with E-state index in [1.54, 1.807) is 6.07 Å². The Hall–Kier alpha value is -1.13. The van der Waals surface area contributed by atoms with Crippen LogP contribution < -0.4 is 10.1 Å². The molecule has 1 atom stereocenters. The van der Waals surface area contributed by atoms with E-state index in [9.17, 15) is 4.39 Å². The highest BCUT2D eigenvalue weighted by Crippen LogP contribution is 2.25. The van der Waals surface area contributed by atoms with E-state index in [2.05, 4.69) is 12.2 Å². The molecule has 1 heterocycles. The second-order valence-electron chi connectivity index (χ2n) is 5.25. The largest absolute Gasteiger partial charge is 0.494 e. The van der Waals surface area contributed by atoms with E-state index >= 15 is 0 Å². The van der Waals surface area contributed by atoms with Gasteiger partial charge in [-0.2, -0.15) is 0 Å². The van der Waals surface area contributed by atoms with Crippen LogP contribution in [-0.4, -0.2) is 32.9 Å². The van der Waals surface area contributed by atoms with Crippen LogP contribution in [0.15, 0.2) is 18.2 Å². The van der Waals surface area contributed by atoms with Gasteiger partial charge >= 0.3 is 0 Å². The summed E-state index contributed by atoms with van der Waals surface area (Å²) in [6.45, 7) is 4.61. The highest BCUT2D eigenvalue weighted by molar-refractivity contribution is 5.31. The third-order valence-corrected chi connectivity index (χ3v) is 4.00. The minimum absolute atomic E-state index is 0.232. The van der Waals surface area contributed by atoms with Crippen LogP contribution in [0.5, 0.6) is 5.75 Å². The second kappa shape index (κ2) is 7.60. The molecule has 0 spiro atoms. The summed E-state index contributed by atoms with van der Waals surface area (Å²) in [6.07, 6.45) is 2.79. The molecule has 0 aromatic heterocycles. The first-order valence-corrected chi connectivity index (χ1v) is 7.38. The quantitative estimate of drug-likeness (QED) is 0.869. The molecule has 1 aromatic rings. The minimum atomic E-state index is -0.232. The minimum Gasteiger partial charge on any atom is -0.494 e. The Labute approximate surface area is 120 Å². The third-order valence-electron chi connectivity index (χ3n) is 4.00. The van der Waals surface area contributed by atoms with Gasteiger partial charge in [0.15, 0.2) is 11.6 Å². The van der Waals surface area contributed by atoms with Gasteiger partial charge in [-0.05, 0) is 43.4 Å². The van der Waals surface area contributed by atoms with Gasteiger partial charge in [-0.25, -0.2) is 4.39 Å². The maximum absolute atomic E-state index is 14.3. The molecular weight excluding hydrogens is 257 g/mol. The van der Waals surface area contributed by atoms with E-state index < -0.39 is 0 Å². The van der Waals surface area contributed by atoms with Crippen molar-refractivity contribution in [3.05, 3.63) is 29.6 Å². The van der Waals surface area contributed by atoms with Gasteiger partial charge in [-0.3, -0.25) is 0 Å². The summed E-state index contributed by atoms with van der Waals surface area (Å²) in [5, 5.41) is 3.50. The smallest absolute Gasteiger partial charge is 0.168 e. The first-order valence-electron chi connectivity index (χ1n) is 7.38. The van der Waals surface area contributed by atoms with Gasteiger partial charge in [0.05, 0.1) is 7.11 Å². The number of rotatable bonds is 6. The lowest BCUT2D eigenvalue weighted by Crippen LogP contribution is -2.40. The molecule has 1 unspecified atom stereocenters.